The number of amides is 1. The molecule has 1 heterocycles. The highest BCUT2D eigenvalue weighted by Gasteiger charge is 2.37. The summed E-state index contributed by atoms with van der Waals surface area (Å²) in [5.74, 6) is 0.728. The van der Waals surface area contributed by atoms with E-state index in [1.165, 1.54) is 32.1 Å². The van der Waals surface area contributed by atoms with Crippen LogP contribution in [0.15, 0.2) is 0 Å². The molecule has 0 radical (unpaired) electrons. The summed E-state index contributed by atoms with van der Waals surface area (Å²) in [7, 11) is 0. The number of hydrogen-bond acceptors (Lipinski definition) is 2. The first kappa shape index (κ1) is 10.9. The third kappa shape index (κ3) is 2.33. The van der Waals surface area contributed by atoms with Crippen LogP contribution in [0.2, 0.25) is 0 Å². The number of hydrogen-bond donors (Lipinski definition) is 0. The van der Waals surface area contributed by atoms with Gasteiger partial charge in [-0.2, -0.15) is 0 Å². The normalized spacial score (nSPS) is 33.3. The molecule has 1 saturated carbocycles. The average Bonchev–Trinajstić information content (AvgIpc) is 2.62. The number of rotatable bonds is 1. The number of carbonyl (C=O) groups excluding carboxylic acids is 1. The largest absolute Gasteiger partial charge is 0.273 e. The minimum Gasteiger partial charge on any atom is -0.273 e. The van der Waals surface area contributed by atoms with Crippen LogP contribution >= 0.6 is 0 Å². The lowest BCUT2D eigenvalue weighted by Gasteiger charge is -2.26. The quantitative estimate of drug-likeness (QED) is 0.667. The maximum absolute atomic E-state index is 11.3. The predicted octanol–water partition coefficient (Wildman–Crippen LogP) is 2.51. The summed E-state index contributed by atoms with van der Waals surface area (Å²) in [5.41, 5.74) is 0. The molecule has 0 bridgehead atoms. The second kappa shape index (κ2) is 4.52. The van der Waals surface area contributed by atoms with E-state index in [9.17, 15) is 4.79 Å². The molecule has 1 aliphatic carbocycles. The molecular weight excluding hydrogens is 190 g/mol. The Hall–Kier alpha value is -0.570. The van der Waals surface area contributed by atoms with Gasteiger partial charge in [-0.05, 0) is 32.1 Å². The molecule has 3 nitrogen and oxygen atoms in total. The molecule has 2 fully saturated rings. The van der Waals surface area contributed by atoms with Crippen molar-refractivity contribution in [2.75, 3.05) is 0 Å². The molecule has 0 spiro atoms. The summed E-state index contributed by atoms with van der Waals surface area (Å²) in [6.07, 6.45) is 7.91. The Bertz CT molecular complexity index is 236. The fourth-order valence-electron chi connectivity index (χ4n) is 2.89. The SMILES string of the molecule is CC(=O)N1O[C@H](C2CCCCC2)C[C@@H]1C. The third-order valence-electron chi connectivity index (χ3n) is 3.71. The number of hydroxylamine groups is 2. The lowest BCUT2D eigenvalue weighted by atomic mass is 9.84. The summed E-state index contributed by atoms with van der Waals surface area (Å²) in [5, 5.41) is 1.57. The molecule has 0 aromatic carbocycles. The van der Waals surface area contributed by atoms with E-state index >= 15 is 0 Å². The van der Waals surface area contributed by atoms with E-state index < -0.39 is 0 Å². The van der Waals surface area contributed by atoms with E-state index in [1.807, 2.05) is 0 Å². The van der Waals surface area contributed by atoms with Gasteiger partial charge in [0.15, 0.2) is 0 Å². The van der Waals surface area contributed by atoms with E-state index in [4.69, 9.17) is 4.84 Å². The molecule has 1 aliphatic heterocycles. The summed E-state index contributed by atoms with van der Waals surface area (Å²) >= 11 is 0. The summed E-state index contributed by atoms with van der Waals surface area (Å²) < 4.78 is 0. The molecule has 0 N–H and O–H groups in total. The summed E-state index contributed by atoms with van der Waals surface area (Å²) in [4.78, 5) is 17.0. The molecule has 0 unspecified atom stereocenters. The van der Waals surface area contributed by atoms with Crippen molar-refractivity contribution in [1.29, 1.82) is 0 Å². The molecule has 2 aliphatic rings. The molecule has 2 atom stereocenters. The standard InChI is InChI=1S/C12H21NO2/c1-9-8-12(15-13(9)10(2)14)11-6-4-3-5-7-11/h9,11-12H,3-8H2,1-2H3/t9-,12-/m0/s1. The fraction of sp³-hybridized carbons (Fsp3) is 0.917. The maximum Gasteiger partial charge on any atom is 0.243 e. The van der Waals surface area contributed by atoms with Gasteiger partial charge in [-0.3, -0.25) is 9.63 Å². The molecule has 86 valence electrons. The molecule has 0 aromatic heterocycles. The minimum atomic E-state index is 0.0424. The van der Waals surface area contributed by atoms with Gasteiger partial charge in [0.1, 0.15) is 0 Å². The zero-order valence-corrected chi connectivity index (χ0v) is 9.74. The van der Waals surface area contributed by atoms with Crippen molar-refractivity contribution in [1.82, 2.24) is 5.06 Å². The van der Waals surface area contributed by atoms with E-state index in [2.05, 4.69) is 6.92 Å². The second-order valence-corrected chi connectivity index (χ2v) is 4.97. The van der Waals surface area contributed by atoms with Gasteiger partial charge >= 0.3 is 0 Å². The molecule has 3 heteroatoms. The fourth-order valence-corrected chi connectivity index (χ4v) is 2.89. The monoisotopic (exact) mass is 211 g/mol. The molecular formula is C12H21NO2. The van der Waals surface area contributed by atoms with Crippen LogP contribution < -0.4 is 0 Å². The van der Waals surface area contributed by atoms with Crippen LogP contribution in [0.3, 0.4) is 0 Å². The minimum absolute atomic E-state index is 0.0424. The van der Waals surface area contributed by atoms with Crippen LogP contribution in [-0.4, -0.2) is 23.1 Å². The maximum atomic E-state index is 11.3. The Morgan fingerprint density at radius 2 is 1.93 bits per heavy atom. The number of carbonyl (C=O) groups is 1. The molecule has 15 heavy (non-hydrogen) atoms. The lowest BCUT2D eigenvalue weighted by Crippen LogP contribution is -2.31. The van der Waals surface area contributed by atoms with Gasteiger partial charge in [-0.25, -0.2) is 5.06 Å². The van der Waals surface area contributed by atoms with Gasteiger partial charge in [0.2, 0.25) is 5.91 Å². The zero-order chi connectivity index (χ0) is 10.8. The Morgan fingerprint density at radius 1 is 1.27 bits per heavy atom. The van der Waals surface area contributed by atoms with Gasteiger partial charge in [0, 0.05) is 6.92 Å². The first-order valence-electron chi connectivity index (χ1n) is 6.15. The van der Waals surface area contributed by atoms with Gasteiger partial charge in [-0.15, -0.1) is 0 Å². The van der Waals surface area contributed by atoms with Crippen molar-refractivity contribution >= 4 is 5.91 Å². The summed E-state index contributed by atoms with van der Waals surface area (Å²) in [6.45, 7) is 3.66. The van der Waals surface area contributed by atoms with Gasteiger partial charge in [0.05, 0.1) is 12.1 Å². The van der Waals surface area contributed by atoms with Crippen molar-refractivity contribution < 1.29 is 9.63 Å². The van der Waals surface area contributed by atoms with Crippen molar-refractivity contribution in [2.24, 2.45) is 5.92 Å². The van der Waals surface area contributed by atoms with Crippen LogP contribution in [0.4, 0.5) is 0 Å². The van der Waals surface area contributed by atoms with Crippen LogP contribution in [0, 0.1) is 5.92 Å². The van der Waals surface area contributed by atoms with Gasteiger partial charge in [-0.1, -0.05) is 19.3 Å². The topological polar surface area (TPSA) is 29.5 Å². The highest BCUT2D eigenvalue weighted by atomic mass is 16.7. The summed E-state index contributed by atoms with van der Waals surface area (Å²) in [6, 6.07) is 0.259. The van der Waals surface area contributed by atoms with Crippen LogP contribution in [0.5, 0.6) is 0 Å². The van der Waals surface area contributed by atoms with Crippen LogP contribution in [0.1, 0.15) is 52.4 Å². The zero-order valence-electron chi connectivity index (χ0n) is 9.74. The second-order valence-electron chi connectivity index (χ2n) is 4.97. The van der Waals surface area contributed by atoms with E-state index in [1.54, 1.807) is 12.0 Å². The van der Waals surface area contributed by atoms with Crippen molar-refractivity contribution in [3.8, 4) is 0 Å². The number of nitrogens with zero attached hydrogens (tertiary/aromatic N) is 1. The average molecular weight is 211 g/mol. The van der Waals surface area contributed by atoms with Crippen molar-refractivity contribution in [3.63, 3.8) is 0 Å². The van der Waals surface area contributed by atoms with Crippen molar-refractivity contribution in [2.45, 2.75) is 64.5 Å². The van der Waals surface area contributed by atoms with Gasteiger partial charge < -0.3 is 0 Å². The molecule has 2 rings (SSSR count). The van der Waals surface area contributed by atoms with E-state index in [-0.39, 0.29) is 11.9 Å². The molecule has 0 aromatic rings. The first-order chi connectivity index (χ1) is 7.18. The Morgan fingerprint density at radius 3 is 2.47 bits per heavy atom. The smallest absolute Gasteiger partial charge is 0.243 e. The Balaban J connectivity index is 1.92. The predicted molar refractivity (Wildman–Crippen MR) is 58.0 cm³/mol. The molecule has 1 saturated heterocycles. The highest BCUT2D eigenvalue weighted by molar-refractivity contribution is 5.72. The van der Waals surface area contributed by atoms with E-state index in [0.717, 1.165) is 6.42 Å². The Kier molecular flexibility index (Phi) is 3.29. The third-order valence-corrected chi connectivity index (χ3v) is 3.71. The van der Waals surface area contributed by atoms with Gasteiger partial charge in [0.25, 0.3) is 0 Å². The highest BCUT2D eigenvalue weighted by Crippen LogP contribution is 2.34. The Labute approximate surface area is 91.7 Å². The van der Waals surface area contributed by atoms with Crippen LogP contribution in [-0.2, 0) is 9.63 Å². The molecule has 1 amide bonds. The van der Waals surface area contributed by atoms with E-state index in [0.29, 0.717) is 12.0 Å². The first-order valence-corrected chi connectivity index (χ1v) is 6.15. The lowest BCUT2D eigenvalue weighted by molar-refractivity contribution is -0.191. The van der Waals surface area contributed by atoms with Crippen molar-refractivity contribution in [3.05, 3.63) is 0 Å². The van der Waals surface area contributed by atoms with Crippen LogP contribution in [0.25, 0.3) is 0 Å².